The number of benzene rings is 1. The van der Waals surface area contributed by atoms with Gasteiger partial charge in [-0.1, -0.05) is 13.3 Å². The van der Waals surface area contributed by atoms with Gasteiger partial charge in [-0.15, -0.1) is 0 Å². The number of ether oxygens (including phenoxy) is 2. The van der Waals surface area contributed by atoms with E-state index in [1.54, 1.807) is 18.3 Å². The summed E-state index contributed by atoms with van der Waals surface area (Å²) in [6.07, 6.45) is 5.14. The Morgan fingerprint density at radius 3 is 2.69 bits per heavy atom. The molecule has 214 valence electrons. The largest absolute Gasteiger partial charge is 0.481 e. The highest BCUT2D eigenvalue weighted by Crippen LogP contribution is 2.44. The molecule has 0 spiro atoms. The van der Waals surface area contributed by atoms with Crippen LogP contribution in [0.1, 0.15) is 61.3 Å². The van der Waals surface area contributed by atoms with Crippen LogP contribution < -0.4 is 15.2 Å². The van der Waals surface area contributed by atoms with Gasteiger partial charge in [0.15, 0.2) is 17.4 Å². The monoisotopic (exact) mass is 544 g/mol. The predicted octanol–water partition coefficient (Wildman–Crippen LogP) is 2.28. The van der Waals surface area contributed by atoms with E-state index >= 15 is 0 Å². The van der Waals surface area contributed by atoms with Gasteiger partial charge in [0.05, 0.1) is 25.3 Å². The van der Waals surface area contributed by atoms with Gasteiger partial charge in [-0.05, 0) is 50.4 Å². The van der Waals surface area contributed by atoms with Crippen molar-refractivity contribution in [3.63, 3.8) is 0 Å². The van der Waals surface area contributed by atoms with Gasteiger partial charge >= 0.3 is 5.97 Å². The fourth-order valence-electron chi connectivity index (χ4n) is 5.68. The number of aromatic nitrogens is 1. The fourth-order valence-corrected chi connectivity index (χ4v) is 5.68. The minimum absolute atomic E-state index is 0.0274. The van der Waals surface area contributed by atoms with E-state index < -0.39 is 23.8 Å². The molecule has 11 heteroatoms. The van der Waals surface area contributed by atoms with Crippen LogP contribution in [0, 0.1) is 12.8 Å². The molecule has 4 N–H and O–H groups in total. The van der Waals surface area contributed by atoms with Gasteiger partial charge in [-0.2, -0.15) is 0 Å². The van der Waals surface area contributed by atoms with Crippen molar-refractivity contribution in [2.75, 3.05) is 39.5 Å². The molecule has 0 aliphatic carbocycles. The minimum atomic E-state index is -0.933. The summed E-state index contributed by atoms with van der Waals surface area (Å²) in [6.45, 7) is 5.91. The molecule has 0 radical (unpaired) electrons. The molecule has 1 saturated heterocycles. The Morgan fingerprint density at radius 1 is 1.23 bits per heavy atom. The highest BCUT2D eigenvalue weighted by atomic mass is 16.7. The molecule has 0 bridgehead atoms. The van der Waals surface area contributed by atoms with Crippen LogP contribution in [-0.4, -0.2) is 82.4 Å². The zero-order chi connectivity index (χ0) is 27.9. The van der Waals surface area contributed by atoms with Crippen LogP contribution >= 0.6 is 0 Å². The van der Waals surface area contributed by atoms with E-state index in [9.17, 15) is 19.8 Å². The lowest BCUT2D eigenvalue weighted by atomic mass is 9.83. The highest BCUT2D eigenvalue weighted by molar-refractivity contribution is 5.79. The van der Waals surface area contributed by atoms with E-state index in [1.807, 2.05) is 16.7 Å². The first-order chi connectivity index (χ1) is 18.9. The van der Waals surface area contributed by atoms with Gasteiger partial charge in [0.25, 0.3) is 0 Å². The predicted molar refractivity (Wildman–Crippen MR) is 142 cm³/mol. The number of aryl methyl sites for hydroxylation is 2. The molecule has 1 aromatic heterocycles. The second-order valence-corrected chi connectivity index (χ2v) is 10.3. The summed E-state index contributed by atoms with van der Waals surface area (Å²) in [6, 6.07) is 3.17. The van der Waals surface area contributed by atoms with Gasteiger partial charge in [-0.3, -0.25) is 14.5 Å². The number of hydrogen-bond donors (Lipinski definition) is 3. The number of amides is 1. The molecule has 3 atom stereocenters. The van der Waals surface area contributed by atoms with Gasteiger partial charge < -0.3 is 34.7 Å². The molecule has 1 fully saturated rings. The van der Waals surface area contributed by atoms with Crippen LogP contribution in [0.25, 0.3) is 0 Å². The van der Waals surface area contributed by atoms with E-state index in [4.69, 9.17) is 19.6 Å². The highest BCUT2D eigenvalue weighted by Gasteiger charge is 2.47. The normalized spacial score (nSPS) is 20.5. The zero-order valence-corrected chi connectivity index (χ0v) is 22.8. The first-order valence-electron chi connectivity index (χ1n) is 13.8. The number of unbranched alkanes of at least 4 members (excludes halogenated alkanes) is 1. The number of aliphatic hydroxyl groups excluding tert-OH is 1. The fraction of sp³-hybridized carbons (Fsp3) is 0.607. The van der Waals surface area contributed by atoms with Crippen molar-refractivity contribution < 1.29 is 33.7 Å². The average Bonchev–Trinajstić information content (AvgIpc) is 3.65. The molecule has 11 nitrogen and oxygen atoms in total. The summed E-state index contributed by atoms with van der Waals surface area (Å²) in [5.41, 5.74) is 7.02. The number of hydrogen-bond acceptors (Lipinski definition) is 9. The third kappa shape index (κ3) is 6.71. The number of likely N-dealkylation sites (tertiary alicyclic amines) is 1. The van der Waals surface area contributed by atoms with E-state index in [0.29, 0.717) is 74.2 Å². The van der Waals surface area contributed by atoms with Crippen molar-refractivity contribution in [2.24, 2.45) is 11.7 Å². The molecule has 2 aliphatic heterocycles. The number of carbonyl (C=O) groups is 2. The zero-order valence-electron chi connectivity index (χ0n) is 22.8. The number of aliphatic hydroxyl groups is 1. The van der Waals surface area contributed by atoms with Crippen LogP contribution in [-0.2, 0) is 22.6 Å². The molecule has 4 rings (SSSR count). The van der Waals surface area contributed by atoms with E-state index in [2.05, 4.69) is 11.9 Å². The maximum Gasteiger partial charge on any atom is 0.308 e. The lowest BCUT2D eigenvalue weighted by Crippen LogP contribution is -2.45. The third-order valence-electron chi connectivity index (χ3n) is 7.63. The summed E-state index contributed by atoms with van der Waals surface area (Å²) in [5.74, 6) is 0.0607. The Bertz CT molecular complexity index is 1130. The topological polar surface area (TPSA) is 152 Å². The Balaban J connectivity index is 1.63. The van der Waals surface area contributed by atoms with Crippen LogP contribution in [0.5, 0.6) is 11.5 Å². The molecule has 3 heterocycles. The first kappa shape index (κ1) is 28.8. The molecule has 2 aromatic rings. The molecule has 2 aliphatic rings. The molecule has 39 heavy (non-hydrogen) atoms. The number of carboxylic acid groups (broad SMARTS) is 1. The van der Waals surface area contributed by atoms with Gasteiger partial charge in [-0.25, -0.2) is 4.98 Å². The molecule has 0 saturated carbocycles. The van der Waals surface area contributed by atoms with E-state index in [-0.39, 0.29) is 25.9 Å². The van der Waals surface area contributed by atoms with Crippen LogP contribution in [0.15, 0.2) is 22.7 Å². The maximum atomic E-state index is 13.5. The average molecular weight is 545 g/mol. The Hall–Kier alpha value is -3.15. The number of oxazole rings is 1. The van der Waals surface area contributed by atoms with Crippen molar-refractivity contribution in [1.82, 2.24) is 14.8 Å². The molecule has 1 aromatic carbocycles. The third-order valence-corrected chi connectivity index (χ3v) is 7.63. The molecule has 1 amide bonds. The number of rotatable bonds is 14. The number of nitrogens with zero attached hydrogens (tertiary/aromatic N) is 3. The second kappa shape index (κ2) is 13.3. The number of nitrogens with two attached hydrogens (primary N) is 1. The SMILES string of the molecule is CCCCN(CCCN)C(=O)CN1C[C@H](c2cc(CO)c3c(c2)OCO3)[C@@H](C(=O)O)[C@@H]1CCc1ncc(C)o1. The lowest BCUT2D eigenvalue weighted by Gasteiger charge is -2.29. The number of carbonyl (C=O) groups excluding carboxylic acids is 1. The van der Waals surface area contributed by atoms with Crippen LogP contribution in [0.4, 0.5) is 0 Å². The lowest BCUT2D eigenvalue weighted by molar-refractivity contribution is -0.143. The van der Waals surface area contributed by atoms with Crippen LogP contribution in [0.3, 0.4) is 0 Å². The number of carboxylic acids is 1. The van der Waals surface area contributed by atoms with Crippen molar-refractivity contribution >= 4 is 11.9 Å². The Morgan fingerprint density at radius 2 is 2.03 bits per heavy atom. The first-order valence-corrected chi connectivity index (χ1v) is 13.8. The molecular formula is C28H40N4O7. The van der Waals surface area contributed by atoms with E-state index in [1.165, 1.54) is 0 Å². The summed E-state index contributed by atoms with van der Waals surface area (Å²) in [7, 11) is 0. The minimum Gasteiger partial charge on any atom is -0.481 e. The summed E-state index contributed by atoms with van der Waals surface area (Å²) < 4.78 is 16.7. The van der Waals surface area contributed by atoms with Crippen molar-refractivity contribution in [2.45, 2.75) is 64.5 Å². The second-order valence-electron chi connectivity index (χ2n) is 10.3. The van der Waals surface area contributed by atoms with Crippen molar-refractivity contribution in [3.05, 3.63) is 41.1 Å². The summed E-state index contributed by atoms with van der Waals surface area (Å²) in [5, 5.41) is 20.4. The van der Waals surface area contributed by atoms with Crippen LogP contribution in [0.2, 0.25) is 0 Å². The smallest absolute Gasteiger partial charge is 0.308 e. The van der Waals surface area contributed by atoms with Gasteiger partial charge in [0.2, 0.25) is 12.7 Å². The quantitative estimate of drug-likeness (QED) is 0.323. The van der Waals surface area contributed by atoms with E-state index in [0.717, 1.165) is 18.4 Å². The Kier molecular flexibility index (Phi) is 9.82. The number of fused-ring (bicyclic) bond motifs is 1. The Labute approximate surface area is 228 Å². The van der Waals surface area contributed by atoms with Gasteiger partial charge in [0, 0.05) is 43.6 Å². The summed E-state index contributed by atoms with van der Waals surface area (Å²) >= 11 is 0. The molecular weight excluding hydrogens is 504 g/mol. The van der Waals surface area contributed by atoms with Crippen molar-refractivity contribution in [3.8, 4) is 11.5 Å². The maximum absolute atomic E-state index is 13.5. The van der Waals surface area contributed by atoms with Crippen molar-refractivity contribution in [1.29, 1.82) is 0 Å². The molecule has 0 unspecified atom stereocenters. The number of aliphatic carboxylic acids is 1. The standard InChI is InChI=1S/C28H40N4O7/c1-3-4-9-31(10-5-8-29)25(34)15-32-14-21(19-11-20(16-33)27-23(12-19)37-17-38-27)26(28(35)36)22(32)6-7-24-30-13-18(2)39-24/h11-13,21-22,26,33H,3-10,14-17,29H2,1-2H3,(H,35,36)/t21-,22+,26-/m1/s1. The van der Waals surface area contributed by atoms with Gasteiger partial charge in [0.1, 0.15) is 5.76 Å². The summed E-state index contributed by atoms with van der Waals surface area (Å²) in [4.78, 5) is 34.4.